The van der Waals surface area contributed by atoms with Crippen molar-refractivity contribution >= 4 is 11.9 Å². The van der Waals surface area contributed by atoms with Crippen LogP contribution in [0.2, 0.25) is 0 Å². The summed E-state index contributed by atoms with van der Waals surface area (Å²) in [5.41, 5.74) is -1.16. The maximum absolute atomic E-state index is 11.6. The highest BCUT2D eigenvalue weighted by Gasteiger charge is 2.44. The van der Waals surface area contributed by atoms with Crippen LogP contribution in [-0.2, 0) is 19.1 Å². The van der Waals surface area contributed by atoms with E-state index in [0.29, 0.717) is 0 Å². The van der Waals surface area contributed by atoms with Gasteiger partial charge in [-0.3, -0.25) is 9.59 Å². The summed E-state index contributed by atoms with van der Waals surface area (Å²) in [5.74, 6) is -0.925. The molecule has 2 saturated carbocycles. The summed E-state index contributed by atoms with van der Waals surface area (Å²) in [6.07, 6.45) is 3.73. The highest BCUT2D eigenvalue weighted by Crippen LogP contribution is 2.31. The summed E-state index contributed by atoms with van der Waals surface area (Å²) >= 11 is 0. The molecule has 0 amide bonds. The second-order valence-corrected chi connectivity index (χ2v) is 4.83. The van der Waals surface area contributed by atoms with Crippen LogP contribution in [0.3, 0.4) is 0 Å². The fraction of sp³-hybridized carbons (Fsp3) is 0.818. The molecule has 0 N–H and O–H groups in total. The van der Waals surface area contributed by atoms with Crippen LogP contribution in [0, 0.1) is 5.41 Å². The molecular weight excluding hydrogens is 196 g/mol. The SMILES string of the molecule is CC(C)(C(=O)OC1CC1)C(=O)OC1CC1. The van der Waals surface area contributed by atoms with E-state index in [4.69, 9.17) is 9.47 Å². The van der Waals surface area contributed by atoms with Gasteiger partial charge in [-0.05, 0) is 39.5 Å². The Morgan fingerprint density at radius 1 is 0.933 bits per heavy atom. The van der Waals surface area contributed by atoms with E-state index in [0.717, 1.165) is 25.7 Å². The lowest BCUT2D eigenvalue weighted by molar-refractivity contribution is -0.171. The van der Waals surface area contributed by atoms with Gasteiger partial charge < -0.3 is 9.47 Å². The molecule has 0 unspecified atom stereocenters. The molecule has 4 heteroatoms. The van der Waals surface area contributed by atoms with Gasteiger partial charge in [-0.15, -0.1) is 0 Å². The minimum absolute atomic E-state index is 0.0329. The molecule has 0 atom stereocenters. The standard InChI is InChI=1S/C11H16O4/c1-11(2,9(12)14-7-3-4-7)10(13)15-8-5-6-8/h7-8H,3-6H2,1-2H3. The van der Waals surface area contributed by atoms with Gasteiger partial charge in [0.25, 0.3) is 0 Å². The number of carbonyl (C=O) groups is 2. The van der Waals surface area contributed by atoms with Crippen molar-refractivity contribution in [2.45, 2.75) is 51.7 Å². The molecule has 0 heterocycles. The first kappa shape index (κ1) is 10.5. The summed E-state index contributed by atoms with van der Waals surface area (Å²) in [6.45, 7) is 3.12. The fourth-order valence-electron chi connectivity index (χ4n) is 1.05. The molecule has 0 aromatic carbocycles. The Morgan fingerprint density at radius 2 is 1.27 bits per heavy atom. The quantitative estimate of drug-likeness (QED) is 0.522. The fourth-order valence-corrected chi connectivity index (χ4v) is 1.05. The molecular formula is C11H16O4. The van der Waals surface area contributed by atoms with Gasteiger partial charge in [-0.2, -0.15) is 0 Å². The van der Waals surface area contributed by atoms with Gasteiger partial charge in [0.2, 0.25) is 0 Å². The number of rotatable bonds is 4. The molecule has 84 valence electrons. The normalized spacial score (nSPS) is 20.9. The smallest absolute Gasteiger partial charge is 0.323 e. The van der Waals surface area contributed by atoms with Gasteiger partial charge >= 0.3 is 11.9 Å². The van der Waals surface area contributed by atoms with E-state index < -0.39 is 17.4 Å². The van der Waals surface area contributed by atoms with Crippen LogP contribution in [0.4, 0.5) is 0 Å². The molecule has 15 heavy (non-hydrogen) atoms. The van der Waals surface area contributed by atoms with Crippen molar-refractivity contribution in [3.63, 3.8) is 0 Å². The zero-order chi connectivity index (χ0) is 11.1. The van der Waals surface area contributed by atoms with Crippen molar-refractivity contribution < 1.29 is 19.1 Å². The highest BCUT2D eigenvalue weighted by atomic mass is 16.6. The van der Waals surface area contributed by atoms with Crippen molar-refractivity contribution in [2.75, 3.05) is 0 Å². The highest BCUT2D eigenvalue weighted by molar-refractivity contribution is 5.99. The van der Waals surface area contributed by atoms with Crippen LogP contribution >= 0.6 is 0 Å². The lowest BCUT2D eigenvalue weighted by Crippen LogP contribution is -2.37. The zero-order valence-electron chi connectivity index (χ0n) is 9.12. The lowest BCUT2D eigenvalue weighted by atomic mass is 9.94. The van der Waals surface area contributed by atoms with Crippen LogP contribution in [-0.4, -0.2) is 24.1 Å². The third-order valence-corrected chi connectivity index (χ3v) is 2.62. The molecule has 2 aliphatic carbocycles. The lowest BCUT2D eigenvalue weighted by Gasteiger charge is -2.20. The average molecular weight is 212 g/mol. The average Bonchev–Trinajstić information content (AvgIpc) is 2.97. The van der Waals surface area contributed by atoms with Crippen LogP contribution in [0.1, 0.15) is 39.5 Å². The maximum atomic E-state index is 11.6. The Morgan fingerprint density at radius 3 is 1.53 bits per heavy atom. The molecule has 0 aliphatic heterocycles. The van der Waals surface area contributed by atoms with E-state index in [-0.39, 0.29) is 12.2 Å². The predicted molar refractivity (Wildman–Crippen MR) is 52.0 cm³/mol. The van der Waals surface area contributed by atoms with Crippen molar-refractivity contribution in [3.8, 4) is 0 Å². The first-order valence-electron chi connectivity index (χ1n) is 5.42. The monoisotopic (exact) mass is 212 g/mol. The molecule has 2 rings (SSSR count). The summed E-state index contributed by atoms with van der Waals surface area (Å²) in [7, 11) is 0. The van der Waals surface area contributed by atoms with E-state index in [9.17, 15) is 9.59 Å². The number of ether oxygens (including phenoxy) is 2. The summed E-state index contributed by atoms with van der Waals surface area (Å²) in [4.78, 5) is 23.3. The van der Waals surface area contributed by atoms with Crippen LogP contribution < -0.4 is 0 Å². The molecule has 0 aromatic rings. The van der Waals surface area contributed by atoms with Gasteiger partial charge in [-0.1, -0.05) is 0 Å². The van der Waals surface area contributed by atoms with Gasteiger partial charge in [-0.25, -0.2) is 0 Å². The molecule has 0 bridgehead atoms. The van der Waals surface area contributed by atoms with Crippen molar-refractivity contribution in [1.82, 2.24) is 0 Å². The van der Waals surface area contributed by atoms with Gasteiger partial charge in [0.1, 0.15) is 12.2 Å². The van der Waals surface area contributed by atoms with Crippen molar-refractivity contribution in [2.24, 2.45) is 5.41 Å². The second-order valence-electron chi connectivity index (χ2n) is 4.83. The summed E-state index contributed by atoms with van der Waals surface area (Å²) in [6, 6.07) is 0. The second kappa shape index (κ2) is 3.51. The maximum Gasteiger partial charge on any atom is 0.323 e. The van der Waals surface area contributed by atoms with Crippen LogP contribution in [0.15, 0.2) is 0 Å². The van der Waals surface area contributed by atoms with E-state index >= 15 is 0 Å². The van der Waals surface area contributed by atoms with Gasteiger partial charge in [0.05, 0.1) is 0 Å². The topological polar surface area (TPSA) is 52.6 Å². The molecule has 0 aromatic heterocycles. The minimum atomic E-state index is -1.16. The zero-order valence-corrected chi connectivity index (χ0v) is 9.12. The predicted octanol–water partition coefficient (Wildman–Crippen LogP) is 1.42. The van der Waals surface area contributed by atoms with E-state index in [1.54, 1.807) is 13.8 Å². The minimum Gasteiger partial charge on any atom is -0.462 e. The molecule has 0 spiro atoms. The summed E-state index contributed by atoms with van der Waals surface area (Å²) in [5, 5.41) is 0. The van der Waals surface area contributed by atoms with Crippen molar-refractivity contribution in [1.29, 1.82) is 0 Å². The van der Waals surface area contributed by atoms with E-state index in [2.05, 4.69) is 0 Å². The number of hydrogen-bond acceptors (Lipinski definition) is 4. The van der Waals surface area contributed by atoms with E-state index in [1.165, 1.54) is 0 Å². The molecule has 2 aliphatic rings. The molecule has 4 nitrogen and oxygen atoms in total. The molecule has 0 radical (unpaired) electrons. The molecule has 2 fully saturated rings. The number of carbonyl (C=O) groups excluding carboxylic acids is 2. The first-order chi connectivity index (χ1) is 7.00. The Kier molecular flexibility index (Phi) is 2.44. The Hall–Kier alpha value is -1.06. The largest absolute Gasteiger partial charge is 0.462 e. The van der Waals surface area contributed by atoms with Gasteiger partial charge in [0, 0.05) is 0 Å². The van der Waals surface area contributed by atoms with Crippen LogP contribution in [0.25, 0.3) is 0 Å². The van der Waals surface area contributed by atoms with Crippen molar-refractivity contribution in [3.05, 3.63) is 0 Å². The summed E-state index contributed by atoms with van der Waals surface area (Å²) < 4.78 is 10.2. The van der Waals surface area contributed by atoms with Gasteiger partial charge in [0.15, 0.2) is 5.41 Å². The first-order valence-corrected chi connectivity index (χ1v) is 5.42. The Labute approximate surface area is 88.9 Å². The third kappa shape index (κ3) is 2.49. The third-order valence-electron chi connectivity index (χ3n) is 2.62. The molecule has 0 saturated heterocycles. The Bertz CT molecular complexity index is 259. The van der Waals surface area contributed by atoms with E-state index in [1.807, 2.05) is 0 Å². The van der Waals surface area contributed by atoms with Crippen LogP contribution in [0.5, 0.6) is 0 Å². The number of hydrogen-bond donors (Lipinski definition) is 0. The number of esters is 2. The Balaban J connectivity index is 1.89.